The first-order valence-corrected chi connectivity index (χ1v) is 7.89. The Labute approximate surface area is 112 Å². The van der Waals surface area contributed by atoms with Gasteiger partial charge in [0.25, 0.3) is 0 Å². The van der Waals surface area contributed by atoms with Gasteiger partial charge in [-0.05, 0) is 38.1 Å². The molecule has 1 atom stereocenters. The molecule has 0 bridgehead atoms. The molecule has 2 aliphatic rings. The molecule has 1 heterocycles. The molecule has 1 saturated carbocycles. The summed E-state index contributed by atoms with van der Waals surface area (Å²) in [6, 6.07) is 0. The van der Waals surface area contributed by atoms with Crippen molar-refractivity contribution in [2.24, 2.45) is 11.8 Å². The summed E-state index contributed by atoms with van der Waals surface area (Å²) < 4.78 is 5.61. The smallest absolute Gasteiger partial charge is 0.0528 e. The van der Waals surface area contributed by atoms with Crippen molar-refractivity contribution >= 4 is 0 Å². The number of hydrogen-bond acceptors (Lipinski definition) is 2. The van der Waals surface area contributed by atoms with E-state index in [1.807, 2.05) is 0 Å². The van der Waals surface area contributed by atoms with Crippen LogP contribution < -0.4 is 5.32 Å². The maximum Gasteiger partial charge on any atom is 0.0528 e. The zero-order valence-corrected chi connectivity index (χ0v) is 11.9. The lowest BCUT2D eigenvalue weighted by Crippen LogP contribution is -2.24. The Morgan fingerprint density at radius 2 is 2.00 bits per heavy atom. The fourth-order valence-electron chi connectivity index (χ4n) is 3.28. The zero-order valence-electron chi connectivity index (χ0n) is 11.9. The van der Waals surface area contributed by atoms with E-state index in [-0.39, 0.29) is 0 Å². The van der Waals surface area contributed by atoms with E-state index in [0.717, 1.165) is 32.2 Å². The highest BCUT2D eigenvalue weighted by Gasteiger charge is 2.20. The van der Waals surface area contributed by atoms with E-state index in [4.69, 9.17) is 4.74 Å². The minimum atomic E-state index is 0.675. The molecule has 1 N–H and O–H groups in total. The van der Waals surface area contributed by atoms with Gasteiger partial charge >= 0.3 is 0 Å². The summed E-state index contributed by atoms with van der Waals surface area (Å²) in [6.45, 7) is 6.28. The van der Waals surface area contributed by atoms with Gasteiger partial charge in [-0.15, -0.1) is 0 Å². The SMILES string of the molecule is CCNCC(=CC1CCCOC1)C1CCCCC1. The number of nitrogens with one attached hydrogen (secondary N) is 1. The molecule has 0 aromatic rings. The maximum atomic E-state index is 5.61. The lowest BCUT2D eigenvalue weighted by molar-refractivity contribution is 0.0705. The third-order valence-corrected chi connectivity index (χ3v) is 4.35. The number of hydrogen-bond donors (Lipinski definition) is 1. The molecule has 0 spiro atoms. The van der Waals surface area contributed by atoms with Crippen LogP contribution >= 0.6 is 0 Å². The van der Waals surface area contributed by atoms with Crippen molar-refractivity contribution < 1.29 is 4.74 Å². The summed E-state index contributed by atoms with van der Waals surface area (Å²) in [6.07, 6.45) is 12.2. The van der Waals surface area contributed by atoms with Gasteiger partial charge in [0.2, 0.25) is 0 Å². The molecule has 2 heteroatoms. The van der Waals surface area contributed by atoms with E-state index >= 15 is 0 Å². The molecule has 0 aromatic carbocycles. The van der Waals surface area contributed by atoms with Crippen LogP contribution in [0.1, 0.15) is 51.9 Å². The van der Waals surface area contributed by atoms with Gasteiger partial charge in [0, 0.05) is 19.1 Å². The molecule has 1 saturated heterocycles. The van der Waals surface area contributed by atoms with Gasteiger partial charge in [0.15, 0.2) is 0 Å². The molecule has 0 aromatic heterocycles. The van der Waals surface area contributed by atoms with E-state index in [1.54, 1.807) is 5.57 Å². The van der Waals surface area contributed by atoms with Crippen molar-refractivity contribution in [1.82, 2.24) is 5.32 Å². The average molecular weight is 251 g/mol. The highest BCUT2D eigenvalue weighted by Crippen LogP contribution is 2.31. The fourth-order valence-corrected chi connectivity index (χ4v) is 3.28. The third-order valence-electron chi connectivity index (χ3n) is 4.35. The monoisotopic (exact) mass is 251 g/mol. The predicted octanol–water partition coefficient (Wildman–Crippen LogP) is 3.53. The third kappa shape index (κ3) is 4.40. The molecule has 0 amide bonds. The van der Waals surface area contributed by atoms with E-state index < -0.39 is 0 Å². The first-order valence-electron chi connectivity index (χ1n) is 7.89. The molecular weight excluding hydrogens is 222 g/mol. The Kier molecular flexibility index (Phi) is 6.22. The molecule has 1 unspecified atom stereocenters. The van der Waals surface area contributed by atoms with Gasteiger partial charge in [-0.2, -0.15) is 0 Å². The lowest BCUT2D eigenvalue weighted by atomic mass is 9.82. The Bertz CT molecular complexity index is 250. The molecule has 2 rings (SSSR count). The summed E-state index contributed by atoms with van der Waals surface area (Å²) in [5, 5.41) is 3.53. The highest BCUT2D eigenvalue weighted by molar-refractivity contribution is 5.12. The van der Waals surface area contributed by atoms with Crippen LogP contribution in [0.2, 0.25) is 0 Å². The molecule has 1 aliphatic heterocycles. The first kappa shape index (κ1) is 14.1. The van der Waals surface area contributed by atoms with Crippen LogP contribution in [0.5, 0.6) is 0 Å². The predicted molar refractivity (Wildman–Crippen MR) is 76.7 cm³/mol. The minimum Gasteiger partial charge on any atom is -0.381 e. The Hall–Kier alpha value is -0.340. The molecule has 2 nitrogen and oxygen atoms in total. The molecule has 18 heavy (non-hydrogen) atoms. The van der Waals surface area contributed by atoms with E-state index in [2.05, 4.69) is 18.3 Å². The second-order valence-corrected chi connectivity index (χ2v) is 5.83. The van der Waals surface area contributed by atoms with E-state index in [0.29, 0.717) is 5.92 Å². The minimum absolute atomic E-state index is 0.675. The highest BCUT2D eigenvalue weighted by atomic mass is 16.5. The van der Waals surface area contributed by atoms with Crippen LogP contribution in [-0.4, -0.2) is 26.3 Å². The maximum absolute atomic E-state index is 5.61. The fraction of sp³-hybridized carbons (Fsp3) is 0.875. The number of likely N-dealkylation sites (N-methyl/N-ethyl adjacent to an activating group) is 1. The normalized spacial score (nSPS) is 27.4. The quantitative estimate of drug-likeness (QED) is 0.755. The second kappa shape index (κ2) is 7.96. The van der Waals surface area contributed by atoms with Gasteiger partial charge < -0.3 is 10.1 Å². The summed E-state index contributed by atoms with van der Waals surface area (Å²) in [5.74, 6) is 1.52. The van der Waals surface area contributed by atoms with Gasteiger partial charge in [-0.3, -0.25) is 0 Å². The van der Waals surface area contributed by atoms with Crippen LogP contribution in [0.3, 0.4) is 0 Å². The summed E-state index contributed by atoms with van der Waals surface area (Å²) >= 11 is 0. The summed E-state index contributed by atoms with van der Waals surface area (Å²) in [4.78, 5) is 0. The molecular formula is C16H29NO. The Balaban J connectivity index is 1.95. The summed E-state index contributed by atoms with van der Waals surface area (Å²) in [5.41, 5.74) is 1.67. The van der Waals surface area contributed by atoms with Crippen LogP contribution in [0.4, 0.5) is 0 Å². The average Bonchev–Trinajstić information content (AvgIpc) is 2.45. The van der Waals surface area contributed by atoms with E-state index in [9.17, 15) is 0 Å². The largest absolute Gasteiger partial charge is 0.381 e. The van der Waals surface area contributed by atoms with Crippen molar-refractivity contribution in [3.63, 3.8) is 0 Å². The standard InChI is InChI=1S/C16H29NO/c1-2-17-12-16(15-8-4-3-5-9-15)11-14-7-6-10-18-13-14/h11,14-15,17H,2-10,12-13H2,1H3. The van der Waals surface area contributed by atoms with Gasteiger partial charge in [0.05, 0.1) is 6.61 Å². The van der Waals surface area contributed by atoms with Crippen molar-refractivity contribution in [2.45, 2.75) is 51.9 Å². The Morgan fingerprint density at radius 1 is 1.17 bits per heavy atom. The topological polar surface area (TPSA) is 21.3 Å². The molecule has 1 aliphatic carbocycles. The van der Waals surface area contributed by atoms with Crippen LogP contribution in [-0.2, 0) is 4.74 Å². The van der Waals surface area contributed by atoms with Crippen molar-refractivity contribution in [2.75, 3.05) is 26.3 Å². The second-order valence-electron chi connectivity index (χ2n) is 5.83. The van der Waals surface area contributed by atoms with Crippen molar-refractivity contribution in [1.29, 1.82) is 0 Å². The Morgan fingerprint density at radius 3 is 2.67 bits per heavy atom. The number of rotatable bonds is 5. The molecule has 104 valence electrons. The lowest BCUT2D eigenvalue weighted by Gasteiger charge is -2.27. The van der Waals surface area contributed by atoms with Gasteiger partial charge in [-0.1, -0.05) is 37.8 Å². The number of ether oxygens (including phenoxy) is 1. The molecule has 0 radical (unpaired) electrons. The van der Waals surface area contributed by atoms with Crippen LogP contribution in [0.25, 0.3) is 0 Å². The zero-order chi connectivity index (χ0) is 12.6. The summed E-state index contributed by atoms with van der Waals surface area (Å²) in [7, 11) is 0. The van der Waals surface area contributed by atoms with Crippen LogP contribution in [0, 0.1) is 11.8 Å². The first-order chi connectivity index (χ1) is 8.90. The van der Waals surface area contributed by atoms with Crippen molar-refractivity contribution in [3.05, 3.63) is 11.6 Å². The molecule has 2 fully saturated rings. The van der Waals surface area contributed by atoms with Crippen molar-refractivity contribution in [3.8, 4) is 0 Å². The van der Waals surface area contributed by atoms with Gasteiger partial charge in [-0.25, -0.2) is 0 Å². The van der Waals surface area contributed by atoms with Gasteiger partial charge in [0.1, 0.15) is 0 Å². The van der Waals surface area contributed by atoms with Crippen LogP contribution in [0.15, 0.2) is 11.6 Å². The van der Waals surface area contributed by atoms with E-state index in [1.165, 1.54) is 44.9 Å².